The standard InChI is InChI=1S/C12H23NO3S/c1-4-17-10-6-5-9(7-10)13-8-12(2,15)11(14)16-3/h9-10,13,15H,4-8H2,1-3H3. The molecule has 0 radical (unpaired) electrons. The van der Waals surface area contributed by atoms with Crippen LogP contribution < -0.4 is 5.32 Å². The smallest absolute Gasteiger partial charge is 0.338 e. The minimum atomic E-state index is -1.43. The molecule has 17 heavy (non-hydrogen) atoms. The highest BCUT2D eigenvalue weighted by atomic mass is 32.2. The number of hydrogen-bond donors (Lipinski definition) is 2. The van der Waals surface area contributed by atoms with Gasteiger partial charge in [0.25, 0.3) is 0 Å². The third-order valence-electron chi connectivity index (χ3n) is 3.15. The first-order chi connectivity index (χ1) is 7.99. The van der Waals surface area contributed by atoms with Gasteiger partial charge in [-0.2, -0.15) is 11.8 Å². The highest BCUT2D eigenvalue weighted by molar-refractivity contribution is 7.99. The quantitative estimate of drug-likeness (QED) is 0.703. The molecule has 1 fully saturated rings. The average molecular weight is 261 g/mol. The summed E-state index contributed by atoms with van der Waals surface area (Å²) < 4.78 is 4.56. The molecular weight excluding hydrogens is 238 g/mol. The van der Waals surface area contributed by atoms with Crippen molar-refractivity contribution in [2.45, 2.75) is 50.0 Å². The van der Waals surface area contributed by atoms with Crippen LogP contribution in [0.15, 0.2) is 0 Å². The van der Waals surface area contributed by atoms with Crippen LogP contribution in [0.25, 0.3) is 0 Å². The second-order valence-corrected chi connectivity index (χ2v) is 6.31. The number of esters is 1. The lowest BCUT2D eigenvalue weighted by Gasteiger charge is -2.23. The molecule has 0 saturated heterocycles. The number of thioether (sulfide) groups is 1. The summed E-state index contributed by atoms with van der Waals surface area (Å²) in [7, 11) is 1.29. The Hall–Kier alpha value is -0.260. The molecule has 3 atom stereocenters. The number of hydrogen-bond acceptors (Lipinski definition) is 5. The fraction of sp³-hybridized carbons (Fsp3) is 0.917. The van der Waals surface area contributed by atoms with Crippen LogP contribution in [0.4, 0.5) is 0 Å². The predicted molar refractivity (Wildman–Crippen MR) is 70.2 cm³/mol. The molecule has 0 spiro atoms. The van der Waals surface area contributed by atoms with Crippen LogP contribution in [0.2, 0.25) is 0 Å². The Balaban J connectivity index is 2.30. The van der Waals surface area contributed by atoms with Gasteiger partial charge in [0.05, 0.1) is 7.11 Å². The molecule has 0 bridgehead atoms. The second kappa shape index (κ2) is 6.61. The molecule has 100 valence electrons. The van der Waals surface area contributed by atoms with E-state index in [0.29, 0.717) is 6.04 Å². The Kier molecular flexibility index (Phi) is 5.76. The minimum absolute atomic E-state index is 0.258. The van der Waals surface area contributed by atoms with E-state index < -0.39 is 11.6 Å². The van der Waals surface area contributed by atoms with E-state index >= 15 is 0 Å². The van der Waals surface area contributed by atoms with Gasteiger partial charge in [-0.1, -0.05) is 6.92 Å². The van der Waals surface area contributed by atoms with Gasteiger partial charge >= 0.3 is 5.97 Å². The lowest BCUT2D eigenvalue weighted by atomic mass is 10.1. The van der Waals surface area contributed by atoms with Crippen molar-refractivity contribution in [3.05, 3.63) is 0 Å². The van der Waals surface area contributed by atoms with Gasteiger partial charge in [0, 0.05) is 17.8 Å². The second-order valence-electron chi connectivity index (χ2n) is 4.73. The van der Waals surface area contributed by atoms with Crippen LogP contribution in [-0.2, 0) is 9.53 Å². The maximum Gasteiger partial charge on any atom is 0.338 e. The maximum absolute atomic E-state index is 11.3. The molecule has 1 aliphatic carbocycles. The Labute approximate surface area is 107 Å². The normalized spacial score (nSPS) is 27.8. The number of carbonyl (C=O) groups excluding carboxylic acids is 1. The van der Waals surface area contributed by atoms with Gasteiger partial charge in [-0.3, -0.25) is 0 Å². The van der Waals surface area contributed by atoms with Crippen LogP contribution >= 0.6 is 11.8 Å². The summed E-state index contributed by atoms with van der Waals surface area (Å²) in [6, 6.07) is 0.412. The molecule has 5 heteroatoms. The first kappa shape index (κ1) is 14.8. The zero-order valence-electron chi connectivity index (χ0n) is 10.9. The lowest BCUT2D eigenvalue weighted by molar-refractivity contribution is -0.160. The zero-order valence-corrected chi connectivity index (χ0v) is 11.7. The number of methoxy groups -OCH3 is 1. The van der Waals surface area contributed by atoms with E-state index in [-0.39, 0.29) is 6.54 Å². The summed E-state index contributed by atoms with van der Waals surface area (Å²) in [5, 5.41) is 13.9. The molecule has 3 unspecified atom stereocenters. The van der Waals surface area contributed by atoms with Gasteiger partial charge in [-0.05, 0) is 31.9 Å². The van der Waals surface area contributed by atoms with Crippen LogP contribution in [0.5, 0.6) is 0 Å². The van der Waals surface area contributed by atoms with Gasteiger partial charge < -0.3 is 15.2 Å². The van der Waals surface area contributed by atoms with Crippen molar-refractivity contribution >= 4 is 17.7 Å². The predicted octanol–water partition coefficient (Wildman–Crippen LogP) is 1.17. The molecule has 2 N–H and O–H groups in total. The SMILES string of the molecule is CCSC1CCC(NCC(C)(O)C(=O)OC)C1. The summed E-state index contributed by atoms with van der Waals surface area (Å²) in [6.45, 7) is 3.92. The maximum atomic E-state index is 11.3. The molecule has 4 nitrogen and oxygen atoms in total. The Morgan fingerprint density at radius 1 is 1.59 bits per heavy atom. The lowest BCUT2D eigenvalue weighted by Crippen LogP contribution is -2.48. The van der Waals surface area contributed by atoms with E-state index in [4.69, 9.17) is 0 Å². The van der Waals surface area contributed by atoms with Crippen LogP contribution in [0.1, 0.15) is 33.1 Å². The summed E-state index contributed by atoms with van der Waals surface area (Å²) >= 11 is 1.99. The van der Waals surface area contributed by atoms with Gasteiger partial charge in [0.1, 0.15) is 0 Å². The fourth-order valence-electron chi connectivity index (χ4n) is 2.15. The van der Waals surface area contributed by atoms with Gasteiger partial charge in [0.15, 0.2) is 5.60 Å². The van der Waals surface area contributed by atoms with Crippen molar-refractivity contribution in [2.75, 3.05) is 19.4 Å². The van der Waals surface area contributed by atoms with Gasteiger partial charge in [-0.25, -0.2) is 4.79 Å². The van der Waals surface area contributed by atoms with Crippen molar-refractivity contribution in [3.63, 3.8) is 0 Å². The number of rotatable bonds is 6. The molecule has 0 aromatic carbocycles. The van der Waals surface area contributed by atoms with E-state index in [1.54, 1.807) is 0 Å². The fourth-order valence-corrected chi connectivity index (χ4v) is 3.29. The molecule has 0 amide bonds. The number of carbonyl (C=O) groups is 1. The monoisotopic (exact) mass is 261 g/mol. The number of ether oxygens (including phenoxy) is 1. The first-order valence-electron chi connectivity index (χ1n) is 6.15. The molecule has 0 aromatic heterocycles. The third-order valence-corrected chi connectivity index (χ3v) is 4.38. The van der Waals surface area contributed by atoms with E-state index in [2.05, 4.69) is 17.0 Å². The molecule has 0 aliphatic heterocycles. The van der Waals surface area contributed by atoms with Crippen LogP contribution in [-0.4, -0.2) is 47.4 Å². The summed E-state index contributed by atoms with van der Waals surface area (Å²) in [5.74, 6) is 0.569. The van der Waals surface area contributed by atoms with Crippen molar-refractivity contribution in [1.82, 2.24) is 5.32 Å². The summed E-state index contributed by atoms with van der Waals surface area (Å²) in [5.41, 5.74) is -1.43. The minimum Gasteiger partial charge on any atom is -0.467 e. The molecule has 0 aromatic rings. The van der Waals surface area contributed by atoms with Crippen molar-refractivity contribution in [2.24, 2.45) is 0 Å². The molecular formula is C12H23NO3S. The highest BCUT2D eigenvalue weighted by Gasteiger charge is 2.33. The Morgan fingerprint density at radius 3 is 2.88 bits per heavy atom. The van der Waals surface area contributed by atoms with Crippen LogP contribution in [0.3, 0.4) is 0 Å². The highest BCUT2D eigenvalue weighted by Crippen LogP contribution is 2.29. The van der Waals surface area contributed by atoms with E-state index in [9.17, 15) is 9.90 Å². The van der Waals surface area contributed by atoms with E-state index in [0.717, 1.165) is 23.8 Å². The average Bonchev–Trinajstić information content (AvgIpc) is 2.74. The largest absolute Gasteiger partial charge is 0.467 e. The third kappa shape index (κ3) is 4.48. The molecule has 1 aliphatic rings. The number of aliphatic hydroxyl groups is 1. The molecule has 1 saturated carbocycles. The summed E-state index contributed by atoms with van der Waals surface area (Å²) in [4.78, 5) is 11.3. The van der Waals surface area contributed by atoms with Crippen molar-refractivity contribution < 1.29 is 14.6 Å². The topological polar surface area (TPSA) is 58.6 Å². The van der Waals surface area contributed by atoms with E-state index in [1.807, 2.05) is 11.8 Å². The number of nitrogens with one attached hydrogen (secondary N) is 1. The Bertz CT molecular complexity index is 258. The first-order valence-corrected chi connectivity index (χ1v) is 7.20. The van der Waals surface area contributed by atoms with Crippen LogP contribution in [0, 0.1) is 0 Å². The molecule has 1 rings (SSSR count). The Morgan fingerprint density at radius 2 is 2.29 bits per heavy atom. The van der Waals surface area contributed by atoms with Crippen molar-refractivity contribution in [1.29, 1.82) is 0 Å². The van der Waals surface area contributed by atoms with Gasteiger partial charge in [0.2, 0.25) is 0 Å². The van der Waals surface area contributed by atoms with E-state index in [1.165, 1.54) is 20.5 Å². The van der Waals surface area contributed by atoms with Gasteiger partial charge in [-0.15, -0.1) is 0 Å². The van der Waals surface area contributed by atoms with Crippen molar-refractivity contribution in [3.8, 4) is 0 Å². The summed E-state index contributed by atoms with van der Waals surface area (Å²) in [6.07, 6.45) is 3.46. The molecule has 0 heterocycles. The zero-order chi connectivity index (χ0) is 12.9.